The molecule has 2 N–H and O–H groups in total. The van der Waals surface area contributed by atoms with Crippen molar-refractivity contribution < 1.29 is 19.8 Å². The number of rotatable bonds is 1. The van der Waals surface area contributed by atoms with E-state index < -0.39 is 17.1 Å². The third-order valence-electron chi connectivity index (χ3n) is 8.31. The van der Waals surface area contributed by atoms with E-state index in [9.17, 15) is 19.8 Å². The summed E-state index contributed by atoms with van der Waals surface area (Å²) in [4.78, 5) is 23.5. The largest absolute Gasteiger partial charge is 0.393 e. The summed E-state index contributed by atoms with van der Waals surface area (Å²) in [5.41, 5.74) is -0.730. The summed E-state index contributed by atoms with van der Waals surface area (Å²) in [5.74, 6) is 0.949. The Morgan fingerprint density at radius 1 is 1.21 bits per heavy atom. The minimum Gasteiger partial charge on any atom is -0.393 e. The van der Waals surface area contributed by atoms with Crippen LogP contribution in [0.5, 0.6) is 0 Å². The predicted octanol–water partition coefficient (Wildman–Crippen LogP) is 2.42. The summed E-state index contributed by atoms with van der Waals surface area (Å²) < 4.78 is 0. The van der Waals surface area contributed by atoms with Crippen LogP contribution in [0.25, 0.3) is 0 Å². The van der Waals surface area contributed by atoms with Gasteiger partial charge in [-0.1, -0.05) is 19.4 Å². The van der Waals surface area contributed by atoms with Crippen molar-refractivity contribution in [3.63, 3.8) is 0 Å². The molecule has 0 amide bonds. The molecule has 3 fully saturated rings. The molecule has 0 aliphatic heterocycles. The van der Waals surface area contributed by atoms with E-state index in [4.69, 9.17) is 0 Å². The summed E-state index contributed by atoms with van der Waals surface area (Å²) in [6.45, 7) is 4.21. The molecule has 4 aliphatic carbocycles. The zero-order chi connectivity index (χ0) is 17.3. The van der Waals surface area contributed by atoms with Gasteiger partial charge in [0.2, 0.25) is 0 Å². The fourth-order valence-electron chi connectivity index (χ4n) is 6.92. The molecule has 0 heterocycles. The van der Waals surface area contributed by atoms with Crippen LogP contribution in [0.3, 0.4) is 0 Å². The standard InChI is InChI=1S/C20H28O4/c1-18-7-5-13(22)9-12(18)3-4-14-15-6-8-20(24,11-21)19(15,2)10-16(23)17(14)18/h9,11,14-17,23-24H,3-8,10H2,1-2H3/t14?,15?,16-,17?,18-,19-,20?/m0/s1. The highest BCUT2D eigenvalue weighted by molar-refractivity contribution is 5.91. The fraction of sp³-hybridized carbons (Fsp3) is 0.800. The first-order valence-corrected chi connectivity index (χ1v) is 9.36. The molecule has 4 unspecified atom stereocenters. The first kappa shape index (κ1) is 16.5. The Bertz CT molecular complexity index is 625. The number of carbonyl (C=O) groups excluding carboxylic acids is 2. The van der Waals surface area contributed by atoms with Gasteiger partial charge in [0.05, 0.1) is 6.10 Å². The van der Waals surface area contributed by atoms with E-state index in [0.29, 0.717) is 25.2 Å². The maximum Gasteiger partial charge on any atom is 0.155 e. The smallest absolute Gasteiger partial charge is 0.155 e. The number of aliphatic hydroxyl groups is 2. The first-order valence-electron chi connectivity index (χ1n) is 9.36. The van der Waals surface area contributed by atoms with Gasteiger partial charge in [0.25, 0.3) is 0 Å². The Labute approximate surface area is 143 Å². The molecule has 0 aromatic rings. The van der Waals surface area contributed by atoms with Gasteiger partial charge in [0.15, 0.2) is 12.1 Å². The molecule has 4 nitrogen and oxygen atoms in total. The van der Waals surface area contributed by atoms with Crippen LogP contribution in [0.15, 0.2) is 11.6 Å². The maximum absolute atomic E-state index is 11.8. The fourth-order valence-corrected chi connectivity index (χ4v) is 6.92. The van der Waals surface area contributed by atoms with E-state index in [-0.39, 0.29) is 23.0 Å². The number of carbonyl (C=O) groups is 2. The Morgan fingerprint density at radius 2 is 1.96 bits per heavy atom. The number of aliphatic hydroxyl groups excluding tert-OH is 1. The van der Waals surface area contributed by atoms with Crippen molar-refractivity contribution in [1.82, 2.24) is 0 Å². The molecule has 4 heteroatoms. The van der Waals surface area contributed by atoms with Crippen LogP contribution in [0.4, 0.5) is 0 Å². The van der Waals surface area contributed by atoms with E-state index in [1.54, 1.807) is 0 Å². The molecule has 0 aromatic heterocycles. The molecule has 0 radical (unpaired) electrons. The summed E-state index contributed by atoms with van der Waals surface area (Å²) in [6.07, 6.45) is 7.10. The van der Waals surface area contributed by atoms with E-state index in [0.717, 1.165) is 32.0 Å². The highest BCUT2D eigenvalue weighted by atomic mass is 16.3. The van der Waals surface area contributed by atoms with Crippen molar-refractivity contribution in [2.24, 2.45) is 28.6 Å². The highest BCUT2D eigenvalue weighted by Crippen LogP contribution is 2.67. The summed E-state index contributed by atoms with van der Waals surface area (Å²) in [5, 5.41) is 21.9. The Hall–Kier alpha value is -1.00. The van der Waals surface area contributed by atoms with Gasteiger partial charge in [-0.2, -0.15) is 0 Å². The lowest BCUT2D eigenvalue weighted by Gasteiger charge is -2.60. The Morgan fingerprint density at radius 3 is 2.67 bits per heavy atom. The third kappa shape index (κ3) is 1.87. The van der Waals surface area contributed by atoms with Gasteiger partial charge in [0, 0.05) is 11.8 Å². The monoisotopic (exact) mass is 332 g/mol. The number of aldehydes is 1. The lowest BCUT2D eigenvalue weighted by atomic mass is 9.45. The topological polar surface area (TPSA) is 74.6 Å². The Balaban J connectivity index is 1.75. The second-order valence-corrected chi connectivity index (χ2v) is 9.16. The second-order valence-electron chi connectivity index (χ2n) is 9.16. The minimum absolute atomic E-state index is 0.112. The number of fused-ring (bicyclic) bond motifs is 5. The van der Waals surface area contributed by atoms with E-state index in [2.05, 4.69) is 6.92 Å². The average Bonchev–Trinajstić information content (AvgIpc) is 2.79. The molecule has 24 heavy (non-hydrogen) atoms. The van der Waals surface area contributed by atoms with Gasteiger partial charge in [-0.15, -0.1) is 0 Å². The Kier molecular flexibility index (Phi) is 3.44. The molecule has 7 atom stereocenters. The molecular formula is C20H28O4. The number of ketones is 1. The van der Waals surface area contributed by atoms with Crippen LogP contribution in [-0.2, 0) is 9.59 Å². The zero-order valence-corrected chi connectivity index (χ0v) is 14.6. The zero-order valence-electron chi connectivity index (χ0n) is 14.6. The van der Waals surface area contributed by atoms with Crippen LogP contribution >= 0.6 is 0 Å². The molecule has 3 saturated carbocycles. The normalized spacial score (nSPS) is 53.7. The summed E-state index contributed by atoms with van der Waals surface area (Å²) >= 11 is 0. The van der Waals surface area contributed by atoms with Gasteiger partial charge in [-0.3, -0.25) is 4.79 Å². The van der Waals surface area contributed by atoms with Gasteiger partial charge in [0.1, 0.15) is 5.60 Å². The van der Waals surface area contributed by atoms with Crippen molar-refractivity contribution >= 4 is 12.1 Å². The maximum atomic E-state index is 11.8. The summed E-state index contributed by atoms with van der Waals surface area (Å²) in [7, 11) is 0. The molecule has 4 aliphatic rings. The lowest BCUT2D eigenvalue weighted by Crippen LogP contribution is -2.60. The van der Waals surface area contributed by atoms with E-state index in [1.807, 2.05) is 13.0 Å². The van der Waals surface area contributed by atoms with Crippen molar-refractivity contribution in [3.8, 4) is 0 Å². The van der Waals surface area contributed by atoms with Crippen molar-refractivity contribution in [2.45, 2.75) is 70.5 Å². The third-order valence-corrected chi connectivity index (χ3v) is 8.31. The number of allylic oxidation sites excluding steroid dienone is 1. The quantitative estimate of drug-likeness (QED) is 0.723. The molecule has 4 rings (SSSR count). The minimum atomic E-state index is -1.30. The number of hydrogen-bond donors (Lipinski definition) is 2. The van der Waals surface area contributed by atoms with E-state index >= 15 is 0 Å². The average molecular weight is 332 g/mol. The first-order chi connectivity index (χ1) is 11.2. The molecule has 0 saturated heterocycles. The van der Waals surface area contributed by atoms with Crippen molar-refractivity contribution in [3.05, 3.63) is 11.6 Å². The highest BCUT2D eigenvalue weighted by Gasteiger charge is 2.66. The van der Waals surface area contributed by atoms with Crippen LogP contribution in [0, 0.1) is 28.6 Å². The van der Waals surface area contributed by atoms with Crippen LogP contribution in [-0.4, -0.2) is 34.0 Å². The molecule has 0 aromatic carbocycles. The van der Waals surface area contributed by atoms with E-state index in [1.165, 1.54) is 5.57 Å². The lowest BCUT2D eigenvalue weighted by molar-refractivity contribution is -0.172. The molecule has 132 valence electrons. The number of hydrogen-bond acceptors (Lipinski definition) is 4. The summed E-state index contributed by atoms with van der Waals surface area (Å²) in [6, 6.07) is 0. The van der Waals surface area contributed by atoms with Crippen LogP contribution in [0.1, 0.15) is 58.8 Å². The SMILES string of the molecule is C[C@]12CCC(=O)C=C1CCC1C2[C@@H](O)C[C@@]2(C)C1CCC2(O)C=O. The molecule has 0 bridgehead atoms. The molecular weight excluding hydrogens is 304 g/mol. The van der Waals surface area contributed by atoms with Crippen molar-refractivity contribution in [2.75, 3.05) is 0 Å². The predicted molar refractivity (Wildman–Crippen MR) is 89.1 cm³/mol. The van der Waals surface area contributed by atoms with Crippen LogP contribution in [0.2, 0.25) is 0 Å². The molecule has 0 spiro atoms. The van der Waals surface area contributed by atoms with Gasteiger partial charge in [-0.05, 0) is 67.8 Å². The van der Waals surface area contributed by atoms with Gasteiger partial charge < -0.3 is 15.0 Å². The van der Waals surface area contributed by atoms with Crippen LogP contribution < -0.4 is 0 Å². The van der Waals surface area contributed by atoms with Crippen molar-refractivity contribution in [1.29, 1.82) is 0 Å². The van der Waals surface area contributed by atoms with Gasteiger partial charge >= 0.3 is 0 Å². The second kappa shape index (κ2) is 5.01. The van der Waals surface area contributed by atoms with Gasteiger partial charge in [-0.25, -0.2) is 0 Å².